The molecule has 0 fully saturated rings. The Hall–Kier alpha value is -2.82. The van der Waals surface area contributed by atoms with Gasteiger partial charge in [-0.3, -0.25) is 9.59 Å². The van der Waals surface area contributed by atoms with Crippen LogP contribution in [0.2, 0.25) is 0 Å². The molecule has 2 aromatic carbocycles. The number of benzene rings is 2. The highest BCUT2D eigenvalue weighted by Gasteiger charge is 2.21. The molecule has 0 saturated carbocycles. The lowest BCUT2D eigenvalue weighted by molar-refractivity contribution is -0.130. The molecular weight excluding hydrogens is 316 g/mol. The summed E-state index contributed by atoms with van der Waals surface area (Å²) in [5.41, 5.74) is 1.30. The number of amides is 2. The second-order valence-corrected chi connectivity index (χ2v) is 6.92. The highest BCUT2D eigenvalue weighted by atomic mass is 16.5. The van der Waals surface area contributed by atoms with Crippen molar-refractivity contribution in [3.05, 3.63) is 54.1 Å². The smallest absolute Gasteiger partial charge is 0.243 e. The number of aryl methyl sites for hydroxylation is 1. The summed E-state index contributed by atoms with van der Waals surface area (Å²) in [5, 5.41) is 5.35. The average Bonchev–Trinajstić information content (AvgIpc) is 2.55. The molecule has 0 aliphatic carbocycles. The zero-order valence-electron chi connectivity index (χ0n) is 15.1. The Morgan fingerprint density at radius 1 is 0.920 bits per heavy atom. The van der Waals surface area contributed by atoms with E-state index in [9.17, 15) is 9.59 Å². The first-order valence-corrected chi connectivity index (χ1v) is 8.17. The van der Waals surface area contributed by atoms with Crippen LogP contribution in [0, 0.1) is 12.3 Å². The molecule has 0 atom stereocenters. The second-order valence-electron chi connectivity index (χ2n) is 6.92. The van der Waals surface area contributed by atoms with Crippen molar-refractivity contribution in [3.63, 3.8) is 0 Å². The van der Waals surface area contributed by atoms with E-state index in [-0.39, 0.29) is 18.4 Å². The molecule has 0 heterocycles. The van der Waals surface area contributed by atoms with Gasteiger partial charge in [0.05, 0.1) is 6.54 Å². The minimum absolute atomic E-state index is 0.0578. The summed E-state index contributed by atoms with van der Waals surface area (Å²) in [4.78, 5) is 23.6. The Balaban J connectivity index is 1.86. The fourth-order valence-electron chi connectivity index (χ4n) is 1.98. The summed E-state index contributed by atoms with van der Waals surface area (Å²) in [6.07, 6.45) is 0. The maximum atomic E-state index is 11.9. The topological polar surface area (TPSA) is 67.4 Å². The van der Waals surface area contributed by atoms with Gasteiger partial charge in [0.15, 0.2) is 0 Å². The largest absolute Gasteiger partial charge is 0.457 e. The minimum atomic E-state index is -0.519. The van der Waals surface area contributed by atoms with Crippen LogP contribution in [0.4, 0.5) is 5.69 Å². The van der Waals surface area contributed by atoms with Crippen molar-refractivity contribution >= 4 is 17.5 Å². The van der Waals surface area contributed by atoms with Gasteiger partial charge >= 0.3 is 0 Å². The van der Waals surface area contributed by atoms with Crippen LogP contribution in [-0.2, 0) is 9.59 Å². The van der Waals surface area contributed by atoms with Crippen molar-refractivity contribution < 1.29 is 14.3 Å². The number of hydrogen-bond donors (Lipinski definition) is 2. The average molecular weight is 340 g/mol. The summed E-state index contributed by atoms with van der Waals surface area (Å²) >= 11 is 0. The first kappa shape index (κ1) is 18.5. The third kappa shape index (κ3) is 5.95. The Morgan fingerprint density at radius 2 is 1.44 bits per heavy atom. The standard InChI is InChI=1S/C20H24N2O3/c1-14-5-9-16(10-6-14)25-17-11-7-15(8-12-17)22-18(23)13-21-19(24)20(2,3)4/h5-12H,13H2,1-4H3,(H,21,24)(H,22,23). The third-order valence-corrected chi connectivity index (χ3v) is 3.49. The van der Waals surface area contributed by atoms with Crippen molar-refractivity contribution in [3.8, 4) is 11.5 Å². The van der Waals surface area contributed by atoms with Crippen molar-refractivity contribution in [1.82, 2.24) is 5.32 Å². The van der Waals surface area contributed by atoms with E-state index in [0.717, 1.165) is 5.75 Å². The number of ether oxygens (including phenoxy) is 1. The second kappa shape index (κ2) is 7.83. The van der Waals surface area contributed by atoms with Gasteiger partial charge in [0, 0.05) is 11.1 Å². The van der Waals surface area contributed by atoms with Crippen LogP contribution in [0.15, 0.2) is 48.5 Å². The zero-order chi connectivity index (χ0) is 18.4. The molecule has 0 aromatic heterocycles. The van der Waals surface area contributed by atoms with E-state index in [2.05, 4.69) is 10.6 Å². The van der Waals surface area contributed by atoms with Crippen LogP contribution in [0.25, 0.3) is 0 Å². The van der Waals surface area contributed by atoms with Crippen LogP contribution < -0.4 is 15.4 Å². The molecule has 25 heavy (non-hydrogen) atoms. The van der Waals surface area contributed by atoms with Crippen molar-refractivity contribution in [1.29, 1.82) is 0 Å². The van der Waals surface area contributed by atoms with Gasteiger partial charge in [-0.05, 0) is 43.3 Å². The van der Waals surface area contributed by atoms with E-state index in [4.69, 9.17) is 4.74 Å². The molecule has 2 N–H and O–H groups in total. The first-order chi connectivity index (χ1) is 11.7. The number of anilines is 1. The van der Waals surface area contributed by atoms with Crippen LogP contribution in [0.3, 0.4) is 0 Å². The Labute approximate surface area is 148 Å². The molecule has 132 valence electrons. The molecule has 0 spiro atoms. The van der Waals surface area contributed by atoms with Gasteiger partial charge in [-0.25, -0.2) is 0 Å². The predicted octanol–water partition coefficient (Wildman–Crippen LogP) is 3.89. The van der Waals surface area contributed by atoms with Gasteiger partial charge in [0.25, 0.3) is 0 Å². The molecule has 0 saturated heterocycles. The van der Waals surface area contributed by atoms with E-state index in [1.807, 2.05) is 31.2 Å². The fraction of sp³-hybridized carbons (Fsp3) is 0.300. The molecule has 2 amide bonds. The van der Waals surface area contributed by atoms with E-state index in [1.165, 1.54) is 5.56 Å². The van der Waals surface area contributed by atoms with Gasteiger partial charge in [-0.1, -0.05) is 38.5 Å². The molecule has 0 bridgehead atoms. The van der Waals surface area contributed by atoms with Gasteiger partial charge in [-0.2, -0.15) is 0 Å². The van der Waals surface area contributed by atoms with Crippen LogP contribution in [0.1, 0.15) is 26.3 Å². The van der Waals surface area contributed by atoms with Gasteiger partial charge in [-0.15, -0.1) is 0 Å². The molecule has 0 aliphatic heterocycles. The van der Waals surface area contributed by atoms with E-state index in [0.29, 0.717) is 11.4 Å². The normalized spacial score (nSPS) is 10.9. The SMILES string of the molecule is Cc1ccc(Oc2ccc(NC(=O)CNC(=O)C(C)(C)C)cc2)cc1. The number of carbonyl (C=O) groups is 2. The minimum Gasteiger partial charge on any atom is -0.457 e. The quantitative estimate of drug-likeness (QED) is 0.868. The fourth-order valence-corrected chi connectivity index (χ4v) is 1.98. The lowest BCUT2D eigenvalue weighted by Crippen LogP contribution is -2.39. The van der Waals surface area contributed by atoms with Crippen LogP contribution >= 0.6 is 0 Å². The maximum Gasteiger partial charge on any atom is 0.243 e. The van der Waals surface area contributed by atoms with Crippen LogP contribution in [0.5, 0.6) is 11.5 Å². The summed E-state index contributed by atoms with van der Waals surface area (Å²) in [5.74, 6) is 1.00. The molecular formula is C20H24N2O3. The monoisotopic (exact) mass is 340 g/mol. The van der Waals surface area contributed by atoms with E-state index >= 15 is 0 Å². The molecule has 0 unspecified atom stereocenters. The Bertz CT molecular complexity index is 729. The Kier molecular flexibility index (Phi) is 5.80. The first-order valence-electron chi connectivity index (χ1n) is 8.17. The number of carbonyl (C=O) groups excluding carboxylic acids is 2. The molecule has 0 radical (unpaired) electrons. The lowest BCUT2D eigenvalue weighted by Gasteiger charge is -2.17. The summed E-state index contributed by atoms with van der Waals surface area (Å²) in [7, 11) is 0. The molecule has 5 heteroatoms. The highest BCUT2D eigenvalue weighted by molar-refractivity contribution is 5.95. The Morgan fingerprint density at radius 3 is 1.96 bits per heavy atom. The number of hydrogen-bond acceptors (Lipinski definition) is 3. The molecule has 5 nitrogen and oxygen atoms in total. The third-order valence-electron chi connectivity index (χ3n) is 3.49. The summed E-state index contributed by atoms with van der Waals surface area (Å²) in [6.45, 7) is 7.36. The lowest BCUT2D eigenvalue weighted by atomic mass is 9.96. The zero-order valence-corrected chi connectivity index (χ0v) is 15.1. The summed E-state index contributed by atoms with van der Waals surface area (Å²) < 4.78 is 5.74. The maximum absolute atomic E-state index is 11.9. The predicted molar refractivity (Wildman–Crippen MR) is 98.8 cm³/mol. The van der Waals surface area contributed by atoms with Crippen molar-refractivity contribution in [2.75, 3.05) is 11.9 Å². The van der Waals surface area contributed by atoms with Crippen molar-refractivity contribution in [2.45, 2.75) is 27.7 Å². The van der Waals surface area contributed by atoms with Gasteiger partial charge in [0.1, 0.15) is 11.5 Å². The van der Waals surface area contributed by atoms with Gasteiger partial charge < -0.3 is 15.4 Å². The number of nitrogens with one attached hydrogen (secondary N) is 2. The molecule has 2 rings (SSSR count). The molecule has 2 aromatic rings. The van der Waals surface area contributed by atoms with E-state index in [1.54, 1.807) is 45.0 Å². The highest BCUT2D eigenvalue weighted by Crippen LogP contribution is 2.23. The van der Waals surface area contributed by atoms with Gasteiger partial charge in [0.2, 0.25) is 11.8 Å². The summed E-state index contributed by atoms with van der Waals surface area (Å²) in [6, 6.07) is 14.9. The van der Waals surface area contributed by atoms with Crippen LogP contribution in [-0.4, -0.2) is 18.4 Å². The molecule has 0 aliphatic rings. The van der Waals surface area contributed by atoms with E-state index < -0.39 is 5.41 Å². The van der Waals surface area contributed by atoms with Crippen molar-refractivity contribution in [2.24, 2.45) is 5.41 Å². The number of rotatable bonds is 5.